The molecule has 1 aromatic heterocycles. The first-order valence-electron chi connectivity index (χ1n) is 9.71. The first-order valence-corrected chi connectivity index (χ1v) is 9.71. The third-order valence-electron chi connectivity index (χ3n) is 5.07. The Morgan fingerprint density at radius 2 is 1.68 bits per heavy atom. The van der Waals surface area contributed by atoms with Gasteiger partial charge in [-0.25, -0.2) is 0 Å². The van der Waals surface area contributed by atoms with Crippen LogP contribution in [0.25, 0.3) is 10.9 Å². The zero-order chi connectivity index (χ0) is 20.1. The van der Waals surface area contributed by atoms with E-state index in [0.717, 1.165) is 22.0 Å². The number of benzene rings is 2. The topological polar surface area (TPSA) is 54.3 Å². The highest BCUT2D eigenvalue weighted by Gasteiger charge is 2.13. The van der Waals surface area contributed by atoms with Crippen LogP contribution in [0.4, 0.5) is 0 Å². The zero-order valence-electron chi connectivity index (χ0n) is 16.7. The van der Waals surface area contributed by atoms with Crippen molar-refractivity contribution in [1.82, 2.24) is 14.8 Å². The van der Waals surface area contributed by atoms with Gasteiger partial charge in [0.15, 0.2) is 0 Å². The lowest BCUT2D eigenvalue weighted by atomic mass is 10.1. The number of aromatic nitrogens is 1. The van der Waals surface area contributed by atoms with Gasteiger partial charge in [0.25, 0.3) is 5.91 Å². The number of hydrogen-bond donors (Lipinski definition) is 1. The van der Waals surface area contributed by atoms with Gasteiger partial charge in [-0.05, 0) is 43.2 Å². The second-order valence-electron chi connectivity index (χ2n) is 6.91. The Bertz CT molecular complexity index is 969. The molecule has 0 atom stereocenters. The number of carbonyl (C=O) groups is 2. The third-order valence-corrected chi connectivity index (χ3v) is 5.07. The molecule has 1 N–H and O–H groups in total. The van der Waals surface area contributed by atoms with Gasteiger partial charge in [-0.2, -0.15) is 0 Å². The molecule has 146 valence electrons. The SMILES string of the molecule is CCN(CC)C(=O)c1ccc(CNC(=O)Cc2cn(C)c3ccccc23)cc1. The lowest BCUT2D eigenvalue weighted by Crippen LogP contribution is -2.30. The van der Waals surface area contributed by atoms with Gasteiger partial charge in [-0.3, -0.25) is 9.59 Å². The average Bonchev–Trinajstić information content (AvgIpc) is 3.03. The highest BCUT2D eigenvalue weighted by molar-refractivity contribution is 5.94. The number of carbonyl (C=O) groups excluding carboxylic acids is 2. The molecule has 0 aliphatic heterocycles. The molecule has 28 heavy (non-hydrogen) atoms. The van der Waals surface area contributed by atoms with Crippen LogP contribution < -0.4 is 5.32 Å². The van der Waals surface area contributed by atoms with Crippen molar-refractivity contribution in [3.8, 4) is 0 Å². The molecular weight excluding hydrogens is 350 g/mol. The molecule has 5 nitrogen and oxygen atoms in total. The van der Waals surface area contributed by atoms with Crippen molar-refractivity contribution < 1.29 is 9.59 Å². The van der Waals surface area contributed by atoms with Crippen LogP contribution in [0.15, 0.2) is 54.7 Å². The third kappa shape index (κ3) is 4.25. The summed E-state index contributed by atoms with van der Waals surface area (Å²) in [5, 5.41) is 4.08. The average molecular weight is 377 g/mol. The minimum absolute atomic E-state index is 0.0142. The van der Waals surface area contributed by atoms with Crippen LogP contribution in [-0.4, -0.2) is 34.4 Å². The summed E-state index contributed by atoms with van der Waals surface area (Å²) in [6.45, 7) is 5.79. The molecule has 5 heteroatoms. The summed E-state index contributed by atoms with van der Waals surface area (Å²) < 4.78 is 2.05. The van der Waals surface area contributed by atoms with E-state index < -0.39 is 0 Å². The number of amides is 2. The van der Waals surface area contributed by atoms with Crippen molar-refractivity contribution in [2.75, 3.05) is 13.1 Å². The number of rotatable bonds is 7. The maximum Gasteiger partial charge on any atom is 0.253 e. The van der Waals surface area contributed by atoms with E-state index in [-0.39, 0.29) is 11.8 Å². The molecule has 0 unspecified atom stereocenters. The molecule has 3 rings (SSSR count). The Morgan fingerprint density at radius 3 is 2.36 bits per heavy atom. The summed E-state index contributed by atoms with van der Waals surface area (Å²) >= 11 is 0. The van der Waals surface area contributed by atoms with Crippen molar-refractivity contribution in [2.45, 2.75) is 26.8 Å². The summed E-state index contributed by atoms with van der Waals surface area (Å²) in [6.07, 6.45) is 2.36. The number of fused-ring (bicyclic) bond motifs is 1. The standard InChI is InChI=1S/C23H27N3O2/c1-4-26(5-2)23(28)18-12-10-17(11-13-18)15-24-22(27)14-19-16-25(3)21-9-7-6-8-20(19)21/h6-13,16H,4-5,14-15H2,1-3H3,(H,24,27). The van der Waals surface area contributed by atoms with E-state index in [9.17, 15) is 9.59 Å². The molecule has 0 bridgehead atoms. The van der Waals surface area contributed by atoms with Gasteiger partial charge in [-0.1, -0.05) is 30.3 Å². The smallest absolute Gasteiger partial charge is 0.253 e. The van der Waals surface area contributed by atoms with Crippen LogP contribution >= 0.6 is 0 Å². The molecule has 0 aliphatic rings. The van der Waals surface area contributed by atoms with E-state index in [0.29, 0.717) is 31.6 Å². The predicted molar refractivity (Wildman–Crippen MR) is 112 cm³/mol. The maximum absolute atomic E-state index is 12.4. The predicted octanol–water partition coefficient (Wildman–Crippen LogP) is 3.52. The van der Waals surface area contributed by atoms with Crippen LogP contribution in [0.1, 0.15) is 35.3 Å². The Kier molecular flexibility index (Phi) is 6.14. The highest BCUT2D eigenvalue weighted by Crippen LogP contribution is 2.20. The summed E-state index contributed by atoms with van der Waals surface area (Å²) in [5.74, 6) is 0.0242. The van der Waals surface area contributed by atoms with Gasteiger partial charge >= 0.3 is 0 Å². The van der Waals surface area contributed by atoms with Gasteiger partial charge in [-0.15, -0.1) is 0 Å². The fraction of sp³-hybridized carbons (Fsp3) is 0.304. The van der Waals surface area contributed by atoms with Crippen molar-refractivity contribution in [3.05, 3.63) is 71.4 Å². The fourth-order valence-electron chi connectivity index (χ4n) is 3.46. The van der Waals surface area contributed by atoms with Crippen molar-refractivity contribution >= 4 is 22.7 Å². The Labute approximate surface area is 166 Å². The zero-order valence-corrected chi connectivity index (χ0v) is 16.7. The first kappa shape index (κ1) is 19.7. The second-order valence-corrected chi connectivity index (χ2v) is 6.91. The highest BCUT2D eigenvalue weighted by atomic mass is 16.2. The number of hydrogen-bond acceptors (Lipinski definition) is 2. The molecule has 0 radical (unpaired) electrons. The quantitative estimate of drug-likeness (QED) is 0.685. The molecule has 0 saturated carbocycles. The molecule has 0 aliphatic carbocycles. The Balaban J connectivity index is 1.59. The van der Waals surface area contributed by atoms with Gasteiger partial charge < -0.3 is 14.8 Å². The summed E-state index contributed by atoms with van der Waals surface area (Å²) in [4.78, 5) is 26.5. The van der Waals surface area contributed by atoms with Crippen molar-refractivity contribution in [1.29, 1.82) is 0 Å². The van der Waals surface area contributed by atoms with Gasteiger partial charge in [0.2, 0.25) is 5.91 Å². The van der Waals surface area contributed by atoms with E-state index in [2.05, 4.69) is 11.4 Å². The summed E-state index contributed by atoms with van der Waals surface area (Å²) in [7, 11) is 1.99. The van der Waals surface area contributed by atoms with Crippen LogP contribution in [0.3, 0.4) is 0 Å². The monoisotopic (exact) mass is 377 g/mol. The number of nitrogens with one attached hydrogen (secondary N) is 1. The molecule has 3 aromatic rings. The van der Waals surface area contributed by atoms with Crippen LogP contribution in [0.5, 0.6) is 0 Å². The van der Waals surface area contributed by atoms with Gasteiger partial charge in [0.1, 0.15) is 0 Å². The minimum atomic E-state index is -0.0142. The summed E-state index contributed by atoms with van der Waals surface area (Å²) in [6, 6.07) is 15.5. The minimum Gasteiger partial charge on any atom is -0.352 e. The van der Waals surface area contributed by atoms with E-state index in [1.807, 2.05) is 74.1 Å². The van der Waals surface area contributed by atoms with Crippen molar-refractivity contribution in [2.24, 2.45) is 7.05 Å². The molecule has 0 saturated heterocycles. The molecule has 0 spiro atoms. The second kappa shape index (κ2) is 8.74. The fourth-order valence-corrected chi connectivity index (χ4v) is 3.46. The van der Waals surface area contributed by atoms with Crippen molar-refractivity contribution in [3.63, 3.8) is 0 Å². The van der Waals surface area contributed by atoms with Crippen LogP contribution in [0, 0.1) is 0 Å². The molecule has 1 heterocycles. The number of aryl methyl sites for hydroxylation is 1. The number of para-hydroxylation sites is 1. The Hall–Kier alpha value is -3.08. The van der Waals surface area contributed by atoms with Crippen LogP contribution in [0.2, 0.25) is 0 Å². The Morgan fingerprint density at radius 1 is 1.00 bits per heavy atom. The lowest BCUT2D eigenvalue weighted by Gasteiger charge is -2.18. The lowest BCUT2D eigenvalue weighted by molar-refractivity contribution is -0.120. The number of nitrogens with zero attached hydrogens (tertiary/aromatic N) is 2. The molecule has 0 fully saturated rings. The first-order chi connectivity index (χ1) is 13.5. The van der Waals surface area contributed by atoms with Gasteiger partial charge in [0.05, 0.1) is 6.42 Å². The molecule has 2 aromatic carbocycles. The van der Waals surface area contributed by atoms with E-state index >= 15 is 0 Å². The van der Waals surface area contributed by atoms with E-state index in [1.165, 1.54) is 0 Å². The molecule has 2 amide bonds. The van der Waals surface area contributed by atoms with E-state index in [1.54, 1.807) is 4.90 Å². The largest absolute Gasteiger partial charge is 0.352 e. The maximum atomic E-state index is 12.4. The van der Waals surface area contributed by atoms with Crippen LogP contribution in [-0.2, 0) is 24.8 Å². The van der Waals surface area contributed by atoms with Gasteiger partial charge in [0, 0.05) is 49.3 Å². The normalized spacial score (nSPS) is 10.8. The van der Waals surface area contributed by atoms with E-state index in [4.69, 9.17) is 0 Å². The summed E-state index contributed by atoms with van der Waals surface area (Å²) in [5.41, 5.74) is 3.80. The molecular formula is C23H27N3O2.